The van der Waals surface area contributed by atoms with Crippen LogP contribution >= 0.6 is 0 Å². The quantitative estimate of drug-likeness (QED) is 0.927. The molecular weight excluding hydrogens is 290 g/mol. The van der Waals surface area contributed by atoms with E-state index in [0.29, 0.717) is 11.5 Å². The molecule has 2 aliphatic rings. The van der Waals surface area contributed by atoms with Gasteiger partial charge in [0.25, 0.3) is 5.91 Å². The SMILES string of the molecule is O=C(NCC1CCN(C(=O)c2ccncc2)CC1)C1CCCC1. The molecule has 1 saturated heterocycles. The van der Waals surface area contributed by atoms with Crippen LogP contribution in [0.25, 0.3) is 0 Å². The summed E-state index contributed by atoms with van der Waals surface area (Å²) in [5, 5.41) is 3.12. The maximum Gasteiger partial charge on any atom is 0.253 e. The van der Waals surface area contributed by atoms with Gasteiger partial charge in [0.2, 0.25) is 5.91 Å². The van der Waals surface area contributed by atoms with Gasteiger partial charge in [-0.2, -0.15) is 0 Å². The van der Waals surface area contributed by atoms with E-state index in [0.717, 1.165) is 45.3 Å². The first kappa shape index (κ1) is 16.0. The Morgan fingerprint density at radius 1 is 1.09 bits per heavy atom. The third-order valence-corrected chi connectivity index (χ3v) is 5.12. The Balaban J connectivity index is 1.41. The Morgan fingerprint density at radius 3 is 2.39 bits per heavy atom. The number of aromatic nitrogens is 1. The van der Waals surface area contributed by atoms with E-state index >= 15 is 0 Å². The van der Waals surface area contributed by atoms with E-state index in [4.69, 9.17) is 0 Å². The molecule has 0 spiro atoms. The molecule has 5 heteroatoms. The van der Waals surface area contributed by atoms with Crippen molar-refractivity contribution < 1.29 is 9.59 Å². The number of amides is 2. The molecule has 0 aromatic carbocycles. The number of nitrogens with zero attached hydrogens (tertiary/aromatic N) is 2. The van der Waals surface area contributed by atoms with E-state index in [9.17, 15) is 9.59 Å². The number of hydrogen-bond donors (Lipinski definition) is 1. The molecule has 0 radical (unpaired) electrons. The first-order valence-corrected chi connectivity index (χ1v) is 8.71. The summed E-state index contributed by atoms with van der Waals surface area (Å²) < 4.78 is 0. The molecule has 2 heterocycles. The second kappa shape index (κ2) is 7.57. The van der Waals surface area contributed by atoms with E-state index in [1.165, 1.54) is 12.8 Å². The fourth-order valence-corrected chi connectivity index (χ4v) is 3.59. The molecule has 0 atom stereocenters. The zero-order valence-electron chi connectivity index (χ0n) is 13.5. The predicted octanol–water partition coefficient (Wildman–Crippen LogP) is 2.24. The minimum atomic E-state index is 0.0841. The van der Waals surface area contributed by atoms with E-state index < -0.39 is 0 Å². The first-order valence-electron chi connectivity index (χ1n) is 8.71. The lowest BCUT2D eigenvalue weighted by Crippen LogP contribution is -2.42. The summed E-state index contributed by atoms with van der Waals surface area (Å²) in [5.74, 6) is 1.05. The average Bonchev–Trinajstić information content (AvgIpc) is 3.15. The topological polar surface area (TPSA) is 62.3 Å². The number of pyridine rings is 1. The van der Waals surface area contributed by atoms with Crippen molar-refractivity contribution in [3.8, 4) is 0 Å². The third kappa shape index (κ3) is 4.09. The smallest absolute Gasteiger partial charge is 0.253 e. The predicted molar refractivity (Wildman–Crippen MR) is 87.8 cm³/mol. The molecule has 124 valence electrons. The Kier molecular flexibility index (Phi) is 5.26. The maximum absolute atomic E-state index is 12.4. The highest BCUT2D eigenvalue weighted by Gasteiger charge is 2.26. The van der Waals surface area contributed by atoms with Crippen molar-refractivity contribution in [2.75, 3.05) is 19.6 Å². The van der Waals surface area contributed by atoms with Crippen LogP contribution in [-0.2, 0) is 4.79 Å². The Bertz CT molecular complexity index is 532. The van der Waals surface area contributed by atoms with Gasteiger partial charge in [0, 0.05) is 43.5 Å². The normalized spacial score (nSPS) is 19.7. The van der Waals surface area contributed by atoms with Gasteiger partial charge in [-0.05, 0) is 43.7 Å². The molecule has 3 rings (SSSR count). The highest BCUT2D eigenvalue weighted by molar-refractivity contribution is 5.94. The van der Waals surface area contributed by atoms with Crippen molar-refractivity contribution in [3.05, 3.63) is 30.1 Å². The van der Waals surface area contributed by atoms with Crippen LogP contribution in [0.2, 0.25) is 0 Å². The van der Waals surface area contributed by atoms with Crippen LogP contribution in [0.1, 0.15) is 48.9 Å². The van der Waals surface area contributed by atoms with Crippen molar-refractivity contribution in [3.63, 3.8) is 0 Å². The summed E-state index contributed by atoms with van der Waals surface area (Å²) >= 11 is 0. The highest BCUT2D eigenvalue weighted by atomic mass is 16.2. The van der Waals surface area contributed by atoms with Crippen LogP contribution < -0.4 is 5.32 Å². The van der Waals surface area contributed by atoms with Crippen molar-refractivity contribution in [2.24, 2.45) is 11.8 Å². The Hall–Kier alpha value is -1.91. The van der Waals surface area contributed by atoms with Gasteiger partial charge in [-0.1, -0.05) is 12.8 Å². The lowest BCUT2D eigenvalue weighted by Gasteiger charge is -2.32. The second-order valence-electron chi connectivity index (χ2n) is 6.70. The fourth-order valence-electron chi connectivity index (χ4n) is 3.59. The molecular formula is C18H25N3O2. The van der Waals surface area contributed by atoms with Crippen molar-refractivity contribution in [2.45, 2.75) is 38.5 Å². The standard InChI is InChI=1S/C18H25N3O2/c22-17(15-3-1-2-4-15)20-13-14-7-11-21(12-8-14)18(23)16-5-9-19-10-6-16/h5-6,9-10,14-15H,1-4,7-8,11-13H2,(H,20,22). The second-order valence-corrected chi connectivity index (χ2v) is 6.70. The monoisotopic (exact) mass is 315 g/mol. The molecule has 1 aromatic rings. The van der Waals surface area contributed by atoms with Crippen molar-refractivity contribution >= 4 is 11.8 Å². The molecule has 1 aliphatic heterocycles. The molecule has 1 aliphatic carbocycles. The van der Waals surface area contributed by atoms with Gasteiger partial charge < -0.3 is 10.2 Å². The minimum Gasteiger partial charge on any atom is -0.356 e. The van der Waals surface area contributed by atoms with Gasteiger partial charge in [-0.15, -0.1) is 0 Å². The molecule has 5 nitrogen and oxygen atoms in total. The van der Waals surface area contributed by atoms with Gasteiger partial charge in [-0.3, -0.25) is 14.6 Å². The lowest BCUT2D eigenvalue weighted by atomic mass is 9.96. The van der Waals surface area contributed by atoms with Crippen molar-refractivity contribution in [1.29, 1.82) is 0 Å². The van der Waals surface area contributed by atoms with Crippen LogP contribution in [-0.4, -0.2) is 41.3 Å². The largest absolute Gasteiger partial charge is 0.356 e. The number of hydrogen-bond acceptors (Lipinski definition) is 3. The number of carbonyl (C=O) groups is 2. The number of rotatable bonds is 4. The molecule has 1 N–H and O–H groups in total. The van der Waals surface area contributed by atoms with Gasteiger partial charge in [0.15, 0.2) is 0 Å². The Morgan fingerprint density at radius 2 is 1.74 bits per heavy atom. The number of carbonyl (C=O) groups excluding carboxylic acids is 2. The van der Waals surface area contributed by atoms with E-state index in [1.54, 1.807) is 24.5 Å². The van der Waals surface area contributed by atoms with Crippen LogP contribution in [0.15, 0.2) is 24.5 Å². The zero-order valence-corrected chi connectivity index (χ0v) is 13.5. The average molecular weight is 315 g/mol. The van der Waals surface area contributed by atoms with Crippen LogP contribution in [0.5, 0.6) is 0 Å². The van der Waals surface area contributed by atoms with Crippen molar-refractivity contribution in [1.82, 2.24) is 15.2 Å². The summed E-state index contributed by atoms with van der Waals surface area (Å²) in [4.78, 5) is 30.3. The fraction of sp³-hybridized carbons (Fsp3) is 0.611. The third-order valence-electron chi connectivity index (χ3n) is 5.12. The molecule has 2 amide bonds. The van der Waals surface area contributed by atoms with E-state index in [1.807, 2.05) is 4.90 Å². The summed E-state index contributed by atoms with van der Waals surface area (Å²) in [6, 6.07) is 3.52. The number of piperidine rings is 1. The summed E-state index contributed by atoms with van der Waals surface area (Å²) in [7, 11) is 0. The highest BCUT2D eigenvalue weighted by Crippen LogP contribution is 2.25. The lowest BCUT2D eigenvalue weighted by molar-refractivity contribution is -0.125. The number of nitrogens with one attached hydrogen (secondary N) is 1. The molecule has 23 heavy (non-hydrogen) atoms. The van der Waals surface area contributed by atoms with Gasteiger partial charge >= 0.3 is 0 Å². The zero-order chi connectivity index (χ0) is 16.1. The molecule has 1 saturated carbocycles. The van der Waals surface area contributed by atoms with E-state index in [-0.39, 0.29) is 17.7 Å². The summed E-state index contributed by atoms with van der Waals surface area (Å²) in [6.45, 7) is 2.29. The summed E-state index contributed by atoms with van der Waals surface area (Å²) in [5.41, 5.74) is 0.702. The first-order chi connectivity index (χ1) is 11.2. The van der Waals surface area contributed by atoms with Crippen LogP contribution in [0.4, 0.5) is 0 Å². The molecule has 2 fully saturated rings. The maximum atomic E-state index is 12.4. The van der Waals surface area contributed by atoms with E-state index in [2.05, 4.69) is 10.3 Å². The van der Waals surface area contributed by atoms with Gasteiger partial charge in [0.05, 0.1) is 0 Å². The van der Waals surface area contributed by atoms with Crippen LogP contribution in [0.3, 0.4) is 0 Å². The summed E-state index contributed by atoms with van der Waals surface area (Å²) in [6.07, 6.45) is 9.69. The minimum absolute atomic E-state index is 0.0841. The molecule has 1 aromatic heterocycles. The number of likely N-dealkylation sites (tertiary alicyclic amines) is 1. The van der Waals surface area contributed by atoms with Crippen LogP contribution in [0, 0.1) is 11.8 Å². The molecule has 0 unspecified atom stereocenters. The molecule has 0 bridgehead atoms. The van der Waals surface area contributed by atoms with Gasteiger partial charge in [-0.25, -0.2) is 0 Å². The Labute approximate surface area is 137 Å². The van der Waals surface area contributed by atoms with Gasteiger partial charge in [0.1, 0.15) is 0 Å².